The van der Waals surface area contributed by atoms with Crippen molar-refractivity contribution in [3.05, 3.63) is 36.0 Å². The second kappa shape index (κ2) is 16.0. The van der Waals surface area contributed by atoms with Crippen LogP contribution in [0.2, 0.25) is 0 Å². The minimum Gasteiger partial charge on any atom is -0.374 e. The van der Waals surface area contributed by atoms with Crippen molar-refractivity contribution in [2.24, 2.45) is 17.8 Å². The number of rotatable bonds is 13. The number of aliphatic hydroxyl groups is 2. The molecule has 0 aromatic rings. The third-order valence-corrected chi connectivity index (χ3v) is 5.35. The highest BCUT2D eigenvalue weighted by Gasteiger charge is 2.13. The van der Waals surface area contributed by atoms with Gasteiger partial charge < -0.3 is 10.2 Å². The molecule has 0 aromatic carbocycles. The molecule has 0 aliphatic carbocycles. The van der Waals surface area contributed by atoms with Crippen LogP contribution in [0, 0.1) is 41.4 Å². The van der Waals surface area contributed by atoms with Gasteiger partial charge in [0.1, 0.15) is 11.2 Å². The lowest BCUT2D eigenvalue weighted by molar-refractivity contribution is 0.173. The summed E-state index contributed by atoms with van der Waals surface area (Å²) in [5.41, 5.74) is -1.08. The van der Waals surface area contributed by atoms with E-state index < -0.39 is 11.2 Å². The summed E-state index contributed by atoms with van der Waals surface area (Å²) in [5, 5.41) is 20.8. The second-order valence-corrected chi connectivity index (χ2v) is 10.5. The predicted molar refractivity (Wildman–Crippen MR) is 140 cm³/mol. The third-order valence-electron chi connectivity index (χ3n) is 5.35. The molecule has 32 heavy (non-hydrogen) atoms. The van der Waals surface area contributed by atoms with Gasteiger partial charge >= 0.3 is 0 Å². The van der Waals surface area contributed by atoms with Crippen LogP contribution < -0.4 is 0 Å². The Morgan fingerprint density at radius 3 is 1.69 bits per heavy atom. The van der Waals surface area contributed by atoms with Crippen molar-refractivity contribution in [3.63, 3.8) is 0 Å². The van der Waals surface area contributed by atoms with Gasteiger partial charge in [0.15, 0.2) is 0 Å². The molecule has 4 unspecified atom stereocenters. The Kier molecular flexibility index (Phi) is 15.1. The van der Waals surface area contributed by atoms with Crippen LogP contribution in [-0.2, 0) is 0 Å². The molecule has 0 aromatic heterocycles. The van der Waals surface area contributed by atoms with E-state index in [4.69, 9.17) is 0 Å². The molecule has 4 atom stereocenters. The largest absolute Gasteiger partial charge is 0.374 e. The monoisotopic (exact) mass is 440 g/mol. The standard InChI is InChI=1S/C30H48O2/c1-25(2)15-11-17-27(5)19-13-23-29(7,31)21-9-10-22-30(8,32)24-14-20-28(6)18-12-16-26(3)4/h13-15,23-24,26-28,31-32H,11-12,16-20H2,1-8H3/b23-13+,24-14+. The number of hydrogen-bond acceptors (Lipinski definition) is 2. The molecule has 2 N–H and O–H groups in total. The Labute approximate surface area is 199 Å². The van der Waals surface area contributed by atoms with E-state index in [2.05, 4.69) is 71.3 Å². The van der Waals surface area contributed by atoms with Crippen LogP contribution in [0.3, 0.4) is 0 Å². The molecule has 0 radical (unpaired) electrons. The van der Waals surface area contributed by atoms with Gasteiger partial charge in [-0.2, -0.15) is 0 Å². The minimum atomic E-state index is -1.22. The van der Waals surface area contributed by atoms with E-state index in [9.17, 15) is 10.2 Å². The molecule has 2 nitrogen and oxygen atoms in total. The quantitative estimate of drug-likeness (QED) is 0.234. The summed E-state index contributed by atoms with van der Waals surface area (Å²) in [6.45, 7) is 16.5. The summed E-state index contributed by atoms with van der Waals surface area (Å²) in [6.07, 6.45) is 17.6. The van der Waals surface area contributed by atoms with Crippen molar-refractivity contribution >= 4 is 0 Å². The average molecular weight is 441 g/mol. The third kappa shape index (κ3) is 19.0. The Morgan fingerprint density at radius 2 is 1.25 bits per heavy atom. The predicted octanol–water partition coefficient (Wildman–Crippen LogP) is 7.23. The molecule has 0 rings (SSSR count). The molecule has 0 fully saturated rings. The molecular formula is C30H48O2. The molecule has 0 aliphatic heterocycles. The molecule has 0 spiro atoms. The SMILES string of the molecule is CC(C)=CCCC(C)C/C=C/C(C)(O)C#CC#CC(C)(O)/C=C/CC(C)CCCC(C)C. The first-order valence-electron chi connectivity index (χ1n) is 12.3. The van der Waals surface area contributed by atoms with Crippen LogP contribution in [0.5, 0.6) is 0 Å². The average Bonchev–Trinajstić information content (AvgIpc) is 2.64. The maximum absolute atomic E-state index is 10.4. The van der Waals surface area contributed by atoms with Crippen LogP contribution >= 0.6 is 0 Å². The Balaban J connectivity index is 4.56. The maximum Gasteiger partial charge on any atom is 0.142 e. The fourth-order valence-electron chi connectivity index (χ4n) is 3.23. The first-order valence-corrected chi connectivity index (χ1v) is 12.3. The Morgan fingerprint density at radius 1 is 0.781 bits per heavy atom. The van der Waals surface area contributed by atoms with Gasteiger partial charge in [0.2, 0.25) is 0 Å². The van der Waals surface area contributed by atoms with Gasteiger partial charge in [-0.05, 0) is 95.1 Å². The highest BCUT2D eigenvalue weighted by Crippen LogP contribution is 2.17. The maximum atomic E-state index is 10.4. The Bertz CT molecular complexity index is 722. The molecule has 0 heterocycles. The summed E-state index contributed by atoms with van der Waals surface area (Å²) in [5.74, 6) is 12.8. The van der Waals surface area contributed by atoms with Crippen LogP contribution in [0.4, 0.5) is 0 Å². The van der Waals surface area contributed by atoms with E-state index in [1.165, 1.54) is 24.8 Å². The van der Waals surface area contributed by atoms with Gasteiger partial charge in [0.05, 0.1) is 0 Å². The lowest BCUT2D eigenvalue weighted by Crippen LogP contribution is -2.18. The van der Waals surface area contributed by atoms with E-state index in [1.807, 2.05) is 12.2 Å². The minimum absolute atomic E-state index is 0.560. The molecule has 0 saturated heterocycles. The van der Waals surface area contributed by atoms with Gasteiger partial charge in [0.25, 0.3) is 0 Å². The topological polar surface area (TPSA) is 40.5 Å². The first-order chi connectivity index (χ1) is 14.8. The first kappa shape index (κ1) is 30.3. The summed E-state index contributed by atoms with van der Waals surface area (Å²) >= 11 is 0. The fourth-order valence-corrected chi connectivity index (χ4v) is 3.23. The zero-order chi connectivity index (χ0) is 24.6. The van der Waals surface area contributed by atoms with Crippen LogP contribution in [-0.4, -0.2) is 21.4 Å². The molecule has 0 saturated carbocycles. The van der Waals surface area contributed by atoms with Crippen LogP contribution in [0.1, 0.15) is 100 Å². The Hall–Kier alpha value is -1.74. The molecule has 2 heteroatoms. The summed E-state index contributed by atoms with van der Waals surface area (Å²) in [7, 11) is 0. The second-order valence-electron chi connectivity index (χ2n) is 10.5. The smallest absolute Gasteiger partial charge is 0.142 e. The van der Waals surface area contributed by atoms with Gasteiger partial charge in [-0.3, -0.25) is 0 Å². The molecule has 180 valence electrons. The van der Waals surface area contributed by atoms with Gasteiger partial charge in [-0.25, -0.2) is 0 Å². The molecule has 0 bridgehead atoms. The van der Waals surface area contributed by atoms with Gasteiger partial charge in [-0.15, -0.1) is 0 Å². The number of hydrogen-bond donors (Lipinski definition) is 2. The van der Waals surface area contributed by atoms with Crippen molar-refractivity contribution < 1.29 is 10.2 Å². The van der Waals surface area contributed by atoms with Crippen molar-refractivity contribution in [1.82, 2.24) is 0 Å². The summed E-state index contributed by atoms with van der Waals surface area (Å²) in [4.78, 5) is 0. The van der Waals surface area contributed by atoms with Crippen molar-refractivity contribution in [3.8, 4) is 23.7 Å². The lowest BCUT2D eigenvalue weighted by Gasteiger charge is -2.12. The van der Waals surface area contributed by atoms with Crippen molar-refractivity contribution in [2.45, 2.75) is 112 Å². The van der Waals surface area contributed by atoms with E-state index in [0.717, 1.165) is 31.6 Å². The normalized spacial score (nSPS) is 17.1. The fraction of sp³-hybridized carbons (Fsp3) is 0.667. The molecule has 0 aliphatic rings. The van der Waals surface area contributed by atoms with Crippen molar-refractivity contribution in [2.75, 3.05) is 0 Å². The van der Waals surface area contributed by atoms with E-state index >= 15 is 0 Å². The van der Waals surface area contributed by atoms with E-state index in [-0.39, 0.29) is 0 Å². The molecule has 0 amide bonds. The zero-order valence-electron chi connectivity index (χ0n) is 22.0. The number of allylic oxidation sites excluding steroid dienone is 4. The highest BCUT2D eigenvalue weighted by atomic mass is 16.3. The lowest BCUT2D eigenvalue weighted by atomic mass is 9.96. The van der Waals surface area contributed by atoms with Gasteiger partial charge in [-0.1, -0.05) is 82.6 Å². The summed E-state index contributed by atoms with van der Waals surface area (Å²) < 4.78 is 0. The van der Waals surface area contributed by atoms with Crippen LogP contribution in [0.25, 0.3) is 0 Å². The van der Waals surface area contributed by atoms with Crippen LogP contribution in [0.15, 0.2) is 36.0 Å². The molecular weight excluding hydrogens is 392 g/mol. The van der Waals surface area contributed by atoms with Crippen molar-refractivity contribution in [1.29, 1.82) is 0 Å². The van der Waals surface area contributed by atoms with E-state index in [1.54, 1.807) is 26.0 Å². The van der Waals surface area contributed by atoms with E-state index in [0.29, 0.717) is 11.8 Å². The zero-order valence-corrected chi connectivity index (χ0v) is 22.0. The highest BCUT2D eigenvalue weighted by molar-refractivity contribution is 5.35. The summed E-state index contributed by atoms with van der Waals surface area (Å²) in [6, 6.07) is 0. The van der Waals surface area contributed by atoms with Gasteiger partial charge in [0, 0.05) is 0 Å².